The van der Waals surface area contributed by atoms with Crippen LogP contribution in [0.4, 0.5) is 5.95 Å². The predicted molar refractivity (Wildman–Crippen MR) is 73.6 cm³/mol. The van der Waals surface area contributed by atoms with Crippen molar-refractivity contribution in [3.8, 4) is 0 Å². The molecule has 3 heterocycles. The van der Waals surface area contributed by atoms with Crippen LogP contribution in [0.2, 0.25) is 0 Å². The monoisotopic (exact) mass is 272 g/mol. The number of rotatable bonds is 2. The molecule has 3 rings (SSSR count). The molecule has 2 aromatic heterocycles. The highest BCUT2D eigenvalue weighted by atomic mass is 16.3. The van der Waals surface area contributed by atoms with Crippen molar-refractivity contribution in [2.75, 3.05) is 31.1 Å². The Morgan fingerprint density at radius 3 is 2.50 bits per heavy atom. The molecule has 6 nitrogen and oxygen atoms in total. The Morgan fingerprint density at radius 1 is 1.20 bits per heavy atom. The van der Waals surface area contributed by atoms with Crippen molar-refractivity contribution >= 4 is 11.9 Å². The summed E-state index contributed by atoms with van der Waals surface area (Å²) in [5.74, 6) is 1.08. The lowest BCUT2D eigenvalue weighted by Crippen LogP contribution is -2.49. The quantitative estimate of drug-likeness (QED) is 0.825. The number of furan rings is 1. The molecule has 1 aliphatic heterocycles. The SMILES string of the molecule is Cc1coc(C(=O)N2CCN(c3ncccn3)CC2)c1. The largest absolute Gasteiger partial charge is 0.459 e. The summed E-state index contributed by atoms with van der Waals surface area (Å²) in [5, 5.41) is 0. The molecule has 0 atom stereocenters. The highest BCUT2D eigenvalue weighted by molar-refractivity contribution is 5.91. The molecule has 0 aromatic carbocycles. The molecule has 0 bridgehead atoms. The zero-order valence-electron chi connectivity index (χ0n) is 11.3. The Hall–Kier alpha value is -2.37. The number of anilines is 1. The van der Waals surface area contributed by atoms with Crippen molar-refractivity contribution in [2.45, 2.75) is 6.92 Å². The molecule has 0 unspecified atom stereocenters. The maximum absolute atomic E-state index is 12.2. The number of aromatic nitrogens is 2. The molecule has 104 valence electrons. The van der Waals surface area contributed by atoms with E-state index in [2.05, 4.69) is 14.9 Å². The van der Waals surface area contributed by atoms with E-state index in [1.807, 2.05) is 6.92 Å². The molecule has 0 N–H and O–H groups in total. The average Bonchev–Trinajstić information content (AvgIpc) is 2.94. The number of aryl methyl sites for hydroxylation is 1. The average molecular weight is 272 g/mol. The number of carbonyl (C=O) groups is 1. The number of amides is 1. The van der Waals surface area contributed by atoms with Gasteiger partial charge in [0.1, 0.15) is 0 Å². The summed E-state index contributed by atoms with van der Waals surface area (Å²) in [6, 6.07) is 3.57. The smallest absolute Gasteiger partial charge is 0.289 e. The number of hydrogen-bond acceptors (Lipinski definition) is 5. The second-order valence-electron chi connectivity index (χ2n) is 4.82. The summed E-state index contributed by atoms with van der Waals surface area (Å²) < 4.78 is 5.26. The van der Waals surface area contributed by atoms with Gasteiger partial charge < -0.3 is 14.2 Å². The topological polar surface area (TPSA) is 62.5 Å². The molecule has 1 aliphatic rings. The van der Waals surface area contributed by atoms with Gasteiger partial charge in [-0.15, -0.1) is 0 Å². The molecule has 20 heavy (non-hydrogen) atoms. The van der Waals surface area contributed by atoms with E-state index in [4.69, 9.17) is 4.42 Å². The lowest BCUT2D eigenvalue weighted by Gasteiger charge is -2.34. The van der Waals surface area contributed by atoms with Gasteiger partial charge in [0.15, 0.2) is 5.76 Å². The number of piperazine rings is 1. The van der Waals surface area contributed by atoms with Gasteiger partial charge in [0.2, 0.25) is 5.95 Å². The van der Waals surface area contributed by atoms with Crippen LogP contribution in [0.15, 0.2) is 35.2 Å². The molecule has 6 heteroatoms. The maximum atomic E-state index is 12.2. The summed E-state index contributed by atoms with van der Waals surface area (Å²) >= 11 is 0. The first-order valence-corrected chi connectivity index (χ1v) is 6.60. The Kier molecular flexibility index (Phi) is 3.37. The van der Waals surface area contributed by atoms with E-state index in [1.54, 1.807) is 35.7 Å². The van der Waals surface area contributed by atoms with Crippen LogP contribution in [-0.4, -0.2) is 47.0 Å². The summed E-state index contributed by atoms with van der Waals surface area (Å²) in [6.07, 6.45) is 5.05. The second-order valence-corrected chi connectivity index (χ2v) is 4.82. The summed E-state index contributed by atoms with van der Waals surface area (Å²) in [4.78, 5) is 24.6. The fraction of sp³-hybridized carbons (Fsp3) is 0.357. The summed E-state index contributed by atoms with van der Waals surface area (Å²) in [7, 11) is 0. The summed E-state index contributed by atoms with van der Waals surface area (Å²) in [5.41, 5.74) is 0.963. The van der Waals surface area contributed by atoms with E-state index < -0.39 is 0 Å². The highest BCUT2D eigenvalue weighted by Crippen LogP contribution is 2.14. The fourth-order valence-electron chi connectivity index (χ4n) is 2.26. The minimum absolute atomic E-state index is 0.0493. The molecule has 0 aliphatic carbocycles. The lowest BCUT2D eigenvalue weighted by atomic mass is 10.2. The molecule has 1 amide bonds. The van der Waals surface area contributed by atoms with Gasteiger partial charge in [-0.25, -0.2) is 9.97 Å². The van der Waals surface area contributed by atoms with E-state index in [9.17, 15) is 4.79 Å². The van der Waals surface area contributed by atoms with Crippen molar-refractivity contribution in [2.24, 2.45) is 0 Å². The molecule has 0 spiro atoms. The Balaban J connectivity index is 1.63. The van der Waals surface area contributed by atoms with Gasteiger partial charge >= 0.3 is 0 Å². The van der Waals surface area contributed by atoms with Gasteiger partial charge in [-0.2, -0.15) is 0 Å². The van der Waals surface area contributed by atoms with Crippen molar-refractivity contribution in [1.29, 1.82) is 0 Å². The van der Waals surface area contributed by atoms with E-state index >= 15 is 0 Å². The fourth-order valence-corrected chi connectivity index (χ4v) is 2.26. The van der Waals surface area contributed by atoms with Crippen LogP contribution in [0.5, 0.6) is 0 Å². The third-order valence-electron chi connectivity index (χ3n) is 3.34. The molecule has 0 saturated carbocycles. The number of hydrogen-bond donors (Lipinski definition) is 0. The van der Waals surface area contributed by atoms with Gasteiger partial charge in [0.05, 0.1) is 6.26 Å². The van der Waals surface area contributed by atoms with E-state index in [0.717, 1.165) is 18.7 Å². The third kappa shape index (κ3) is 2.49. The van der Waals surface area contributed by atoms with E-state index in [1.165, 1.54) is 0 Å². The first-order chi connectivity index (χ1) is 9.74. The van der Waals surface area contributed by atoms with Gasteiger partial charge in [-0.05, 0) is 24.6 Å². The standard InChI is InChI=1S/C14H16N4O2/c1-11-9-12(20-10-11)13(19)17-5-7-18(8-6-17)14-15-3-2-4-16-14/h2-4,9-10H,5-8H2,1H3. The van der Waals surface area contributed by atoms with Crippen LogP contribution >= 0.6 is 0 Å². The predicted octanol–water partition coefficient (Wildman–Crippen LogP) is 1.34. The molecule has 1 fully saturated rings. The number of nitrogens with zero attached hydrogens (tertiary/aromatic N) is 4. The highest BCUT2D eigenvalue weighted by Gasteiger charge is 2.24. The van der Waals surface area contributed by atoms with Crippen LogP contribution in [0.25, 0.3) is 0 Å². The zero-order valence-corrected chi connectivity index (χ0v) is 11.3. The first kappa shape index (κ1) is 12.7. The zero-order chi connectivity index (χ0) is 13.9. The minimum atomic E-state index is -0.0493. The van der Waals surface area contributed by atoms with Crippen molar-refractivity contribution in [1.82, 2.24) is 14.9 Å². The molecule has 0 radical (unpaired) electrons. The van der Waals surface area contributed by atoms with Gasteiger partial charge in [0, 0.05) is 38.6 Å². The normalized spacial score (nSPS) is 15.4. The molecule has 1 saturated heterocycles. The van der Waals surface area contributed by atoms with Crippen LogP contribution in [0.3, 0.4) is 0 Å². The summed E-state index contributed by atoms with van der Waals surface area (Å²) in [6.45, 7) is 4.67. The Bertz CT molecular complexity index is 588. The van der Waals surface area contributed by atoms with Gasteiger partial charge in [0.25, 0.3) is 5.91 Å². The maximum Gasteiger partial charge on any atom is 0.289 e. The van der Waals surface area contributed by atoms with Crippen molar-refractivity contribution < 1.29 is 9.21 Å². The van der Waals surface area contributed by atoms with Crippen LogP contribution < -0.4 is 4.90 Å². The lowest BCUT2D eigenvalue weighted by molar-refractivity contribution is 0.0714. The minimum Gasteiger partial charge on any atom is -0.459 e. The van der Waals surface area contributed by atoms with E-state index in [0.29, 0.717) is 24.8 Å². The van der Waals surface area contributed by atoms with E-state index in [-0.39, 0.29) is 5.91 Å². The first-order valence-electron chi connectivity index (χ1n) is 6.60. The van der Waals surface area contributed by atoms with Crippen molar-refractivity contribution in [3.05, 3.63) is 42.1 Å². The Morgan fingerprint density at radius 2 is 1.90 bits per heavy atom. The van der Waals surface area contributed by atoms with Crippen LogP contribution in [0, 0.1) is 6.92 Å². The van der Waals surface area contributed by atoms with Crippen LogP contribution in [0.1, 0.15) is 16.1 Å². The molecule has 2 aromatic rings. The van der Waals surface area contributed by atoms with Crippen LogP contribution in [-0.2, 0) is 0 Å². The molecular formula is C14H16N4O2. The van der Waals surface area contributed by atoms with Gasteiger partial charge in [-0.3, -0.25) is 4.79 Å². The number of carbonyl (C=O) groups excluding carboxylic acids is 1. The Labute approximate surface area is 117 Å². The molecular weight excluding hydrogens is 256 g/mol. The van der Waals surface area contributed by atoms with Gasteiger partial charge in [-0.1, -0.05) is 0 Å². The third-order valence-corrected chi connectivity index (χ3v) is 3.34. The second kappa shape index (κ2) is 5.32. The van der Waals surface area contributed by atoms with Crippen molar-refractivity contribution in [3.63, 3.8) is 0 Å².